The van der Waals surface area contributed by atoms with Crippen LogP contribution in [0.5, 0.6) is 5.75 Å². The van der Waals surface area contributed by atoms with Crippen LogP contribution in [0.1, 0.15) is 18.2 Å². The van der Waals surface area contributed by atoms with Gasteiger partial charge in [0, 0.05) is 6.07 Å². The molecule has 0 saturated carbocycles. The molecule has 0 radical (unpaired) electrons. The van der Waals surface area contributed by atoms with Crippen molar-refractivity contribution in [1.82, 2.24) is 9.78 Å². The van der Waals surface area contributed by atoms with Crippen molar-refractivity contribution in [3.8, 4) is 11.4 Å². The second kappa shape index (κ2) is 3.89. The summed E-state index contributed by atoms with van der Waals surface area (Å²) in [6, 6.07) is 5.52. The molecule has 0 amide bonds. The van der Waals surface area contributed by atoms with Crippen LogP contribution in [0.3, 0.4) is 0 Å². The molecule has 0 aliphatic rings. The van der Waals surface area contributed by atoms with Crippen LogP contribution in [0.2, 0.25) is 0 Å². The summed E-state index contributed by atoms with van der Waals surface area (Å²) in [5.41, 5.74) is 8.91. The van der Waals surface area contributed by atoms with E-state index in [1.54, 1.807) is 16.9 Å². The lowest BCUT2D eigenvalue weighted by Crippen LogP contribution is -1.95. The van der Waals surface area contributed by atoms with Gasteiger partial charge in [-0.2, -0.15) is 5.10 Å². The minimum absolute atomic E-state index is 0.298. The van der Waals surface area contributed by atoms with Crippen molar-refractivity contribution in [3.63, 3.8) is 0 Å². The van der Waals surface area contributed by atoms with Crippen LogP contribution in [0, 0.1) is 6.92 Å². The molecule has 0 bridgehead atoms. The first-order valence-electron chi connectivity index (χ1n) is 5.26. The van der Waals surface area contributed by atoms with E-state index in [1.807, 2.05) is 26.0 Å². The van der Waals surface area contributed by atoms with Gasteiger partial charge >= 0.3 is 0 Å². The highest BCUT2D eigenvalue weighted by Crippen LogP contribution is 2.22. The average Bonchev–Trinajstić information content (AvgIpc) is 2.59. The van der Waals surface area contributed by atoms with E-state index in [-0.39, 0.29) is 0 Å². The van der Waals surface area contributed by atoms with Gasteiger partial charge in [-0.15, -0.1) is 0 Å². The van der Waals surface area contributed by atoms with Crippen LogP contribution >= 0.6 is 0 Å². The van der Waals surface area contributed by atoms with Gasteiger partial charge in [0.1, 0.15) is 5.75 Å². The first kappa shape index (κ1) is 10.5. The summed E-state index contributed by atoms with van der Waals surface area (Å²) in [7, 11) is 0. The molecule has 0 unspecified atom stereocenters. The number of hydrogen-bond acceptors (Lipinski definition) is 3. The second-order valence-corrected chi connectivity index (χ2v) is 3.78. The fraction of sp³-hybridized carbons (Fsp3) is 0.250. The number of aromatic hydroxyl groups is 1. The van der Waals surface area contributed by atoms with Crippen LogP contribution in [0.25, 0.3) is 5.69 Å². The molecule has 0 aliphatic carbocycles. The predicted molar refractivity (Wildman–Crippen MR) is 63.8 cm³/mol. The normalized spacial score (nSPS) is 10.6. The van der Waals surface area contributed by atoms with Crippen LogP contribution in [-0.4, -0.2) is 14.9 Å². The minimum atomic E-state index is 0.298. The van der Waals surface area contributed by atoms with E-state index < -0.39 is 0 Å². The van der Waals surface area contributed by atoms with Crippen LogP contribution in [0.15, 0.2) is 24.4 Å². The van der Waals surface area contributed by atoms with E-state index >= 15 is 0 Å². The number of anilines is 1. The molecule has 0 aliphatic heterocycles. The Bertz CT molecular complexity index is 497. The molecule has 0 spiro atoms. The molecule has 2 rings (SSSR count). The van der Waals surface area contributed by atoms with E-state index in [0.717, 1.165) is 23.4 Å². The molecule has 3 N–H and O–H groups in total. The highest BCUT2D eigenvalue weighted by molar-refractivity contribution is 5.47. The van der Waals surface area contributed by atoms with Gasteiger partial charge in [0.2, 0.25) is 0 Å². The Morgan fingerprint density at radius 1 is 1.44 bits per heavy atom. The number of aromatic nitrogens is 2. The van der Waals surface area contributed by atoms with Gasteiger partial charge in [0.15, 0.2) is 0 Å². The Morgan fingerprint density at radius 3 is 2.69 bits per heavy atom. The summed E-state index contributed by atoms with van der Waals surface area (Å²) >= 11 is 0. The maximum absolute atomic E-state index is 9.76. The average molecular weight is 217 g/mol. The Morgan fingerprint density at radius 2 is 2.19 bits per heavy atom. The lowest BCUT2D eigenvalue weighted by atomic mass is 10.1. The molecule has 16 heavy (non-hydrogen) atoms. The largest absolute Gasteiger partial charge is 0.508 e. The molecule has 1 heterocycles. The molecule has 4 heteroatoms. The summed E-state index contributed by atoms with van der Waals surface area (Å²) in [6.07, 6.45) is 2.56. The SMILES string of the molecule is CCc1ccc(-n2cc(N)c(C)n2)cc1O. The molecule has 84 valence electrons. The van der Waals surface area contributed by atoms with E-state index in [9.17, 15) is 5.11 Å². The Labute approximate surface area is 94.3 Å². The molecule has 1 aromatic heterocycles. The van der Waals surface area contributed by atoms with Crippen molar-refractivity contribution >= 4 is 5.69 Å². The standard InChI is InChI=1S/C12H15N3O/c1-3-9-4-5-10(6-12(9)16)15-7-11(13)8(2)14-15/h4-7,16H,3,13H2,1-2H3. The van der Waals surface area contributed by atoms with Crippen molar-refractivity contribution in [2.24, 2.45) is 0 Å². The van der Waals surface area contributed by atoms with Crippen molar-refractivity contribution in [3.05, 3.63) is 35.7 Å². The molecule has 1 aromatic carbocycles. The number of benzene rings is 1. The molecule has 0 saturated heterocycles. The number of phenolic OH excluding ortho intramolecular Hbond substituents is 1. The number of nitrogens with two attached hydrogens (primary N) is 1. The van der Waals surface area contributed by atoms with Gasteiger partial charge in [-0.05, 0) is 25.0 Å². The first-order valence-corrected chi connectivity index (χ1v) is 5.26. The predicted octanol–water partition coefficient (Wildman–Crippen LogP) is 2.03. The fourth-order valence-electron chi connectivity index (χ4n) is 1.60. The van der Waals surface area contributed by atoms with E-state index in [0.29, 0.717) is 11.4 Å². The fourth-order valence-corrected chi connectivity index (χ4v) is 1.60. The van der Waals surface area contributed by atoms with E-state index in [4.69, 9.17) is 5.73 Å². The summed E-state index contributed by atoms with van der Waals surface area (Å²) < 4.78 is 1.67. The summed E-state index contributed by atoms with van der Waals surface area (Å²) in [6.45, 7) is 3.86. The zero-order valence-corrected chi connectivity index (χ0v) is 9.44. The molecule has 2 aromatic rings. The number of hydrogen-bond donors (Lipinski definition) is 2. The van der Waals surface area contributed by atoms with Gasteiger partial charge in [-0.3, -0.25) is 0 Å². The number of aryl methyl sites for hydroxylation is 2. The highest BCUT2D eigenvalue weighted by atomic mass is 16.3. The van der Waals surface area contributed by atoms with E-state index in [1.165, 1.54) is 0 Å². The maximum Gasteiger partial charge on any atom is 0.120 e. The molecule has 0 fully saturated rings. The third-order valence-corrected chi connectivity index (χ3v) is 2.65. The van der Waals surface area contributed by atoms with Crippen molar-refractivity contribution in [1.29, 1.82) is 0 Å². The van der Waals surface area contributed by atoms with Gasteiger partial charge in [-0.1, -0.05) is 13.0 Å². The van der Waals surface area contributed by atoms with Gasteiger partial charge < -0.3 is 10.8 Å². The molecular formula is C12H15N3O. The number of phenols is 1. The van der Waals surface area contributed by atoms with Crippen molar-refractivity contribution in [2.45, 2.75) is 20.3 Å². The molecule has 4 nitrogen and oxygen atoms in total. The highest BCUT2D eigenvalue weighted by Gasteiger charge is 2.05. The van der Waals surface area contributed by atoms with Crippen LogP contribution < -0.4 is 5.73 Å². The zero-order chi connectivity index (χ0) is 11.7. The minimum Gasteiger partial charge on any atom is -0.508 e. The van der Waals surface area contributed by atoms with E-state index in [2.05, 4.69) is 5.10 Å². The first-order chi connectivity index (χ1) is 7.61. The Kier molecular flexibility index (Phi) is 2.56. The van der Waals surface area contributed by atoms with Crippen molar-refractivity contribution < 1.29 is 5.11 Å². The zero-order valence-electron chi connectivity index (χ0n) is 9.44. The number of rotatable bonds is 2. The smallest absolute Gasteiger partial charge is 0.120 e. The second-order valence-electron chi connectivity index (χ2n) is 3.78. The number of nitrogens with zero attached hydrogens (tertiary/aromatic N) is 2. The van der Waals surface area contributed by atoms with Gasteiger partial charge in [0.05, 0.1) is 23.3 Å². The van der Waals surface area contributed by atoms with Crippen molar-refractivity contribution in [2.75, 3.05) is 5.73 Å². The monoisotopic (exact) mass is 217 g/mol. The molecule has 0 atom stereocenters. The number of nitrogen functional groups attached to an aromatic ring is 1. The van der Waals surface area contributed by atoms with Crippen LogP contribution in [0.4, 0.5) is 5.69 Å². The third-order valence-electron chi connectivity index (χ3n) is 2.65. The lowest BCUT2D eigenvalue weighted by molar-refractivity contribution is 0.468. The summed E-state index contributed by atoms with van der Waals surface area (Å²) in [5.74, 6) is 0.298. The Hall–Kier alpha value is -1.97. The van der Waals surface area contributed by atoms with Gasteiger partial charge in [0.25, 0.3) is 0 Å². The van der Waals surface area contributed by atoms with Gasteiger partial charge in [-0.25, -0.2) is 4.68 Å². The maximum atomic E-state index is 9.76. The molecular weight excluding hydrogens is 202 g/mol. The summed E-state index contributed by atoms with van der Waals surface area (Å²) in [5, 5.41) is 14.0. The quantitative estimate of drug-likeness (QED) is 0.809. The lowest BCUT2D eigenvalue weighted by Gasteiger charge is -2.05. The third kappa shape index (κ3) is 1.74. The van der Waals surface area contributed by atoms with Crippen LogP contribution in [-0.2, 0) is 6.42 Å². The summed E-state index contributed by atoms with van der Waals surface area (Å²) in [4.78, 5) is 0. The topological polar surface area (TPSA) is 64.1 Å². The Balaban J connectivity index is 2.45.